The van der Waals surface area contributed by atoms with Crippen LogP contribution in [0.1, 0.15) is 23.6 Å². The second-order valence-corrected chi connectivity index (χ2v) is 6.98. The topological polar surface area (TPSA) is 115 Å². The Labute approximate surface area is 133 Å². The third kappa shape index (κ3) is 3.03. The second-order valence-electron chi connectivity index (χ2n) is 5.42. The van der Waals surface area contributed by atoms with Gasteiger partial charge in [0.1, 0.15) is 5.69 Å². The van der Waals surface area contributed by atoms with Crippen molar-refractivity contribution >= 4 is 21.4 Å². The first kappa shape index (κ1) is 15.4. The monoisotopic (exact) mass is 333 g/mol. The van der Waals surface area contributed by atoms with E-state index in [0.29, 0.717) is 0 Å². The van der Waals surface area contributed by atoms with E-state index in [1.807, 2.05) is 24.3 Å². The Kier molecular flexibility index (Phi) is 3.78. The molecule has 0 heterocycles. The van der Waals surface area contributed by atoms with E-state index in [0.717, 1.165) is 24.5 Å². The zero-order valence-corrected chi connectivity index (χ0v) is 12.9. The molecule has 1 aliphatic rings. The van der Waals surface area contributed by atoms with Crippen LogP contribution in [0.4, 0.5) is 11.4 Å². The van der Waals surface area contributed by atoms with E-state index in [-0.39, 0.29) is 22.3 Å². The molecule has 0 aromatic heterocycles. The van der Waals surface area contributed by atoms with Crippen molar-refractivity contribution in [2.75, 3.05) is 5.32 Å². The predicted octanol–water partition coefficient (Wildman–Crippen LogP) is 2.34. The normalized spacial score (nSPS) is 16.8. The van der Waals surface area contributed by atoms with Crippen LogP contribution in [0.25, 0.3) is 0 Å². The van der Waals surface area contributed by atoms with Gasteiger partial charge in [0.15, 0.2) is 0 Å². The van der Waals surface area contributed by atoms with Crippen LogP contribution in [0.15, 0.2) is 47.4 Å². The zero-order valence-electron chi connectivity index (χ0n) is 12.1. The van der Waals surface area contributed by atoms with Crippen molar-refractivity contribution in [2.45, 2.75) is 23.8 Å². The molecule has 0 amide bonds. The number of primary sulfonamides is 1. The summed E-state index contributed by atoms with van der Waals surface area (Å²) in [5.41, 5.74) is 2.30. The summed E-state index contributed by atoms with van der Waals surface area (Å²) >= 11 is 0. The van der Waals surface area contributed by atoms with Gasteiger partial charge in [-0.15, -0.1) is 0 Å². The molecule has 8 heteroatoms. The maximum atomic E-state index is 11.4. The summed E-state index contributed by atoms with van der Waals surface area (Å²) in [6.07, 6.45) is 1.73. The van der Waals surface area contributed by atoms with Crippen molar-refractivity contribution < 1.29 is 13.3 Å². The number of aryl methyl sites for hydroxylation is 1. The SMILES string of the molecule is NS(=O)(=O)c1ccc(N[C@H]2CCc3ccccc32)c([N+](=O)[O-])c1. The first-order chi connectivity index (χ1) is 10.9. The molecule has 0 spiro atoms. The van der Waals surface area contributed by atoms with Gasteiger partial charge in [0, 0.05) is 6.07 Å². The van der Waals surface area contributed by atoms with Gasteiger partial charge >= 0.3 is 0 Å². The third-order valence-electron chi connectivity index (χ3n) is 3.96. The molecule has 0 fully saturated rings. The second kappa shape index (κ2) is 5.64. The summed E-state index contributed by atoms with van der Waals surface area (Å²) in [5, 5.41) is 19.4. The van der Waals surface area contributed by atoms with Gasteiger partial charge in [0.05, 0.1) is 15.9 Å². The number of fused-ring (bicyclic) bond motifs is 1. The Morgan fingerprint density at radius 1 is 1.22 bits per heavy atom. The van der Waals surface area contributed by atoms with Gasteiger partial charge in [-0.2, -0.15) is 0 Å². The highest BCUT2D eigenvalue weighted by molar-refractivity contribution is 7.89. The van der Waals surface area contributed by atoms with E-state index >= 15 is 0 Å². The van der Waals surface area contributed by atoms with Gasteiger partial charge in [0.2, 0.25) is 10.0 Å². The highest BCUT2D eigenvalue weighted by Gasteiger charge is 2.25. The van der Waals surface area contributed by atoms with Crippen molar-refractivity contribution in [3.63, 3.8) is 0 Å². The van der Waals surface area contributed by atoms with E-state index in [9.17, 15) is 18.5 Å². The largest absolute Gasteiger partial charge is 0.373 e. The highest BCUT2D eigenvalue weighted by Crippen LogP contribution is 2.36. The minimum atomic E-state index is -3.98. The van der Waals surface area contributed by atoms with Gasteiger partial charge < -0.3 is 5.32 Å². The number of benzene rings is 2. The first-order valence-corrected chi connectivity index (χ1v) is 8.56. The van der Waals surface area contributed by atoms with Crippen LogP contribution >= 0.6 is 0 Å². The molecule has 3 rings (SSSR count). The molecule has 0 bridgehead atoms. The average molecular weight is 333 g/mol. The van der Waals surface area contributed by atoms with E-state index in [4.69, 9.17) is 5.14 Å². The Bertz CT molecular complexity index is 880. The van der Waals surface area contributed by atoms with Gasteiger partial charge in [-0.1, -0.05) is 24.3 Å². The molecular weight excluding hydrogens is 318 g/mol. The van der Waals surface area contributed by atoms with Crippen molar-refractivity contribution in [3.05, 3.63) is 63.7 Å². The number of nitrogens with zero attached hydrogens (tertiary/aromatic N) is 1. The van der Waals surface area contributed by atoms with Crippen LogP contribution in [0.2, 0.25) is 0 Å². The molecule has 23 heavy (non-hydrogen) atoms. The van der Waals surface area contributed by atoms with Gasteiger partial charge in [0.25, 0.3) is 5.69 Å². The smallest absolute Gasteiger partial charge is 0.293 e. The molecule has 2 aromatic carbocycles. The lowest BCUT2D eigenvalue weighted by Gasteiger charge is -2.16. The highest BCUT2D eigenvalue weighted by atomic mass is 32.2. The van der Waals surface area contributed by atoms with Gasteiger partial charge in [-0.05, 0) is 36.1 Å². The number of nitrogens with one attached hydrogen (secondary N) is 1. The van der Waals surface area contributed by atoms with Crippen LogP contribution in [0.5, 0.6) is 0 Å². The molecular formula is C15H15N3O4S. The number of anilines is 1. The number of nitrogens with two attached hydrogens (primary N) is 1. The quantitative estimate of drug-likeness (QED) is 0.658. The van der Waals surface area contributed by atoms with E-state index < -0.39 is 14.9 Å². The molecule has 0 aliphatic heterocycles. The third-order valence-corrected chi connectivity index (χ3v) is 4.87. The minimum Gasteiger partial charge on any atom is -0.373 e. The maximum absolute atomic E-state index is 11.4. The van der Waals surface area contributed by atoms with E-state index in [1.54, 1.807) is 0 Å². The fourth-order valence-corrected chi connectivity index (χ4v) is 3.39. The number of nitro benzene ring substituents is 1. The van der Waals surface area contributed by atoms with E-state index in [2.05, 4.69) is 5.32 Å². The zero-order chi connectivity index (χ0) is 16.6. The van der Waals surface area contributed by atoms with Crippen molar-refractivity contribution in [1.82, 2.24) is 0 Å². The predicted molar refractivity (Wildman–Crippen MR) is 85.6 cm³/mol. The van der Waals surface area contributed by atoms with Crippen LogP contribution in [0.3, 0.4) is 0 Å². The lowest BCUT2D eigenvalue weighted by molar-refractivity contribution is -0.384. The molecule has 0 saturated carbocycles. The Hall–Kier alpha value is -2.45. The summed E-state index contributed by atoms with van der Waals surface area (Å²) in [5.74, 6) is 0. The lowest BCUT2D eigenvalue weighted by Crippen LogP contribution is -2.13. The van der Waals surface area contributed by atoms with Gasteiger partial charge in [-0.3, -0.25) is 10.1 Å². The minimum absolute atomic E-state index is 0.0368. The van der Waals surface area contributed by atoms with Crippen molar-refractivity contribution in [1.29, 1.82) is 0 Å². The van der Waals surface area contributed by atoms with Crippen LogP contribution in [-0.2, 0) is 16.4 Å². The van der Waals surface area contributed by atoms with Crippen LogP contribution < -0.4 is 10.5 Å². The molecule has 3 N–H and O–H groups in total. The molecule has 7 nitrogen and oxygen atoms in total. The molecule has 0 unspecified atom stereocenters. The van der Waals surface area contributed by atoms with Gasteiger partial charge in [-0.25, -0.2) is 13.6 Å². The maximum Gasteiger partial charge on any atom is 0.293 e. The summed E-state index contributed by atoms with van der Waals surface area (Å²) in [7, 11) is -3.98. The number of sulfonamides is 1. The van der Waals surface area contributed by atoms with Crippen molar-refractivity contribution in [3.8, 4) is 0 Å². The lowest BCUT2D eigenvalue weighted by atomic mass is 10.1. The molecule has 120 valence electrons. The molecule has 0 saturated heterocycles. The molecule has 1 aliphatic carbocycles. The van der Waals surface area contributed by atoms with E-state index in [1.165, 1.54) is 17.7 Å². The summed E-state index contributed by atoms with van der Waals surface area (Å²) < 4.78 is 22.7. The van der Waals surface area contributed by atoms with Crippen LogP contribution in [0, 0.1) is 10.1 Å². The summed E-state index contributed by atoms with van der Waals surface area (Å²) in [6.45, 7) is 0. The Balaban J connectivity index is 1.96. The van der Waals surface area contributed by atoms with Crippen LogP contribution in [-0.4, -0.2) is 13.3 Å². The number of hydrogen-bond acceptors (Lipinski definition) is 5. The first-order valence-electron chi connectivity index (χ1n) is 7.02. The fourth-order valence-electron chi connectivity index (χ4n) is 2.86. The Morgan fingerprint density at radius 2 is 1.96 bits per heavy atom. The molecule has 1 atom stereocenters. The Morgan fingerprint density at radius 3 is 2.65 bits per heavy atom. The van der Waals surface area contributed by atoms with Crippen molar-refractivity contribution in [2.24, 2.45) is 5.14 Å². The fraction of sp³-hybridized carbons (Fsp3) is 0.200. The molecule has 2 aromatic rings. The number of hydrogen-bond donors (Lipinski definition) is 2. The molecule has 0 radical (unpaired) electrons. The summed E-state index contributed by atoms with van der Waals surface area (Å²) in [4.78, 5) is 10.4. The standard InChI is InChI=1S/C15H15N3O4S/c16-23(21,22)11-6-8-14(15(9-11)18(19)20)17-13-7-5-10-3-1-2-4-12(10)13/h1-4,6,8-9,13,17H,5,7H2,(H2,16,21,22)/t13-/m0/s1. The average Bonchev–Trinajstić information content (AvgIpc) is 2.90. The number of rotatable bonds is 4. The summed E-state index contributed by atoms with van der Waals surface area (Å²) in [6, 6.07) is 11.5. The number of nitro groups is 1.